The first kappa shape index (κ1) is 16.3. The lowest BCUT2D eigenvalue weighted by atomic mass is 10.0. The molecule has 3 N–H and O–H groups in total. The van der Waals surface area contributed by atoms with E-state index in [2.05, 4.69) is 20.1 Å². The van der Waals surface area contributed by atoms with Crippen LogP contribution in [0.3, 0.4) is 0 Å². The number of aliphatic hydroxyl groups is 1. The third kappa shape index (κ3) is 4.20. The van der Waals surface area contributed by atoms with Crippen LogP contribution < -0.4 is 20.1 Å². The van der Waals surface area contributed by atoms with E-state index in [1.54, 1.807) is 0 Å². The number of anilines is 1. The number of urea groups is 1. The standard InChI is InChI=1S/C14H18F2N2O4/c1-8(2)5-10(7-19)18-13(20)17-9-3-4-11-12(6-9)22-14(15,16)21-11/h3-4,6,8,10,19H,5,7H2,1-2H3,(H2,17,18,20). The molecule has 0 radical (unpaired) electrons. The number of benzene rings is 1. The Kier molecular flexibility index (Phi) is 4.70. The van der Waals surface area contributed by atoms with Gasteiger partial charge in [0.1, 0.15) is 0 Å². The average molecular weight is 316 g/mol. The predicted molar refractivity (Wildman–Crippen MR) is 75.1 cm³/mol. The second-order valence-corrected chi connectivity index (χ2v) is 5.44. The lowest BCUT2D eigenvalue weighted by Crippen LogP contribution is -2.40. The van der Waals surface area contributed by atoms with Crippen LogP contribution >= 0.6 is 0 Å². The molecule has 1 heterocycles. The first-order valence-corrected chi connectivity index (χ1v) is 6.87. The van der Waals surface area contributed by atoms with Crippen LogP contribution in [0.4, 0.5) is 19.3 Å². The second-order valence-electron chi connectivity index (χ2n) is 5.44. The molecule has 0 saturated carbocycles. The van der Waals surface area contributed by atoms with Gasteiger partial charge in [-0.25, -0.2) is 4.79 Å². The minimum Gasteiger partial charge on any atom is -0.395 e. The van der Waals surface area contributed by atoms with Crippen molar-refractivity contribution in [3.8, 4) is 11.5 Å². The van der Waals surface area contributed by atoms with Crippen molar-refractivity contribution in [2.75, 3.05) is 11.9 Å². The highest BCUT2D eigenvalue weighted by Gasteiger charge is 2.43. The molecule has 0 spiro atoms. The van der Waals surface area contributed by atoms with Crippen molar-refractivity contribution >= 4 is 11.7 Å². The number of aliphatic hydroxyl groups excluding tert-OH is 1. The van der Waals surface area contributed by atoms with Crippen molar-refractivity contribution in [2.24, 2.45) is 5.92 Å². The van der Waals surface area contributed by atoms with Gasteiger partial charge < -0.3 is 25.2 Å². The van der Waals surface area contributed by atoms with Gasteiger partial charge in [0.25, 0.3) is 0 Å². The third-order valence-electron chi connectivity index (χ3n) is 2.97. The molecule has 22 heavy (non-hydrogen) atoms. The molecule has 0 saturated heterocycles. The Morgan fingerprint density at radius 3 is 2.64 bits per heavy atom. The zero-order chi connectivity index (χ0) is 16.3. The van der Waals surface area contributed by atoms with Crippen LogP contribution in [0.2, 0.25) is 0 Å². The predicted octanol–water partition coefficient (Wildman–Crippen LogP) is 2.54. The van der Waals surface area contributed by atoms with Gasteiger partial charge in [-0.2, -0.15) is 0 Å². The molecule has 1 atom stereocenters. The third-order valence-corrected chi connectivity index (χ3v) is 2.97. The molecule has 1 aliphatic rings. The Balaban J connectivity index is 1.96. The summed E-state index contributed by atoms with van der Waals surface area (Å²) in [7, 11) is 0. The van der Waals surface area contributed by atoms with Crippen LogP contribution in [0, 0.1) is 5.92 Å². The number of rotatable bonds is 5. The normalized spacial score (nSPS) is 16.5. The topological polar surface area (TPSA) is 79.8 Å². The highest BCUT2D eigenvalue weighted by molar-refractivity contribution is 5.89. The average Bonchev–Trinajstić information content (AvgIpc) is 2.70. The van der Waals surface area contributed by atoms with Crippen molar-refractivity contribution in [3.05, 3.63) is 18.2 Å². The fourth-order valence-electron chi connectivity index (χ4n) is 2.13. The zero-order valence-electron chi connectivity index (χ0n) is 12.2. The molecular weight excluding hydrogens is 298 g/mol. The van der Waals surface area contributed by atoms with E-state index in [1.165, 1.54) is 18.2 Å². The second kappa shape index (κ2) is 6.35. The zero-order valence-corrected chi connectivity index (χ0v) is 12.2. The van der Waals surface area contributed by atoms with Crippen molar-refractivity contribution in [3.63, 3.8) is 0 Å². The van der Waals surface area contributed by atoms with Gasteiger partial charge >= 0.3 is 12.3 Å². The molecule has 2 rings (SSSR count). The summed E-state index contributed by atoms with van der Waals surface area (Å²) < 4.78 is 34.4. The van der Waals surface area contributed by atoms with E-state index in [9.17, 15) is 18.7 Å². The van der Waals surface area contributed by atoms with E-state index < -0.39 is 12.3 Å². The lowest BCUT2D eigenvalue weighted by molar-refractivity contribution is -0.286. The number of carbonyl (C=O) groups excluding carboxylic acids is 1. The first-order valence-electron chi connectivity index (χ1n) is 6.87. The number of nitrogens with one attached hydrogen (secondary N) is 2. The maximum Gasteiger partial charge on any atom is 0.586 e. The Morgan fingerprint density at radius 1 is 1.32 bits per heavy atom. The Bertz CT molecular complexity index is 552. The first-order chi connectivity index (χ1) is 10.3. The van der Waals surface area contributed by atoms with Crippen LogP contribution in [-0.4, -0.2) is 30.1 Å². The van der Waals surface area contributed by atoms with Crippen LogP contribution in [0.25, 0.3) is 0 Å². The molecule has 1 aromatic rings. The maximum atomic E-state index is 12.9. The minimum atomic E-state index is -3.69. The fourth-order valence-corrected chi connectivity index (χ4v) is 2.13. The van der Waals surface area contributed by atoms with Gasteiger partial charge in [-0.15, -0.1) is 8.78 Å². The highest BCUT2D eigenvalue weighted by atomic mass is 19.3. The van der Waals surface area contributed by atoms with Crippen molar-refractivity contribution in [1.29, 1.82) is 0 Å². The summed E-state index contributed by atoms with van der Waals surface area (Å²) in [5, 5.41) is 14.3. The van der Waals surface area contributed by atoms with Gasteiger partial charge in [0.05, 0.1) is 12.6 Å². The number of hydrogen-bond acceptors (Lipinski definition) is 4. The summed E-state index contributed by atoms with van der Waals surface area (Å²) >= 11 is 0. The van der Waals surface area contributed by atoms with Crippen LogP contribution in [0.15, 0.2) is 18.2 Å². The van der Waals surface area contributed by atoms with Gasteiger partial charge in [0, 0.05) is 11.8 Å². The molecule has 2 amide bonds. The molecule has 0 bridgehead atoms. The Morgan fingerprint density at radius 2 is 2.00 bits per heavy atom. The quantitative estimate of drug-likeness (QED) is 0.780. The molecule has 0 aliphatic carbocycles. The molecule has 6 nitrogen and oxygen atoms in total. The Hall–Kier alpha value is -2.09. The van der Waals surface area contributed by atoms with Gasteiger partial charge in [0.2, 0.25) is 0 Å². The van der Waals surface area contributed by atoms with Crippen LogP contribution in [0.1, 0.15) is 20.3 Å². The molecule has 0 aromatic heterocycles. The number of amides is 2. The fraction of sp³-hybridized carbons (Fsp3) is 0.500. The number of hydrogen-bond donors (Lipinski definition) is 3. The van der Waals surface area contributed by atoms with Gasteiger partial charge in [-0.3, -0.25) is 0 Å². The SMILES string of the molecule is CC(C)CC(CO)NC(=O)Nc1ccc2c(c1)OC(F)(F)O2. The Labute approximate surface area is 126 Å². The smallest absolute Gasteiger partial charge is 0.395 e. The number of carbonyl (C=O) groups is 1. The van der Waals surface area contributed by atoms with E-state index in [-0.39, 0.29) is 29.8 Å². The maximum absolute atomic E-state index is 12.9. The number of alkyl halides is 2. The largest absolute Gasteiger partial charge is 0.586 e. The van der Waals surface area contributed by atoms with Crippen molar-refractivity contribution in [2.45, 2.75) is 32.6 Å². The van der Waals surface area contributed by atoms with Gasteiger partial charge in [0.15, 0.2) is 11.5 Å². The molecule has 122 valence electrons. The summed E-state index contributed by atoms with van der Waals surface area (Å²) in [5.41, 5.74) is 0.277. The molecular formula is C14H18F2N2O4. The van der Waals surface area contributed by atoms with Crippen LogP contribution in [0.5, 0.6) is 11.5 Å². The minimum absolute atomic E-state index is 0.0935. The molecule has 1 aliphatic heterocycles. The summed E-state index contributed by atoms with van der Waals surface area (Å²) in [5.74, 6) is 0.0675. The van der Waals surface area contributed by atoms with Crippen molar-refractivity contribution < 1.29 is 28.2 Å². The van der Waals surface area contributed by atoms with E-state index in [4.69, 9.17) is 0 Å². The summed E-state index contributed by atoms with van der Waals surface area (Å²) in [6.07, 6.45) is -3.07. The van der Waals surface area contributed by atoms with E-state index >= 15 is 0 Å². The van der Waals surface area contributed by atoms with Crippen molar-refractivity contribution in [1.82, 2.24) is 5.32 Å². The number of fused-ring (bicyclic) bond motifs is 1. The summed E-state index contributed by atoms with van der Waals surface area (Å²) in [6, 6.07) is 3.03. The number of halogens is 2. The van der Waals surface area contributed by atoms with Gasteiger partial charge in [-0.05, 0) is 24.5 Å². The van der Waals surface area contributed by atoms with Crippen LogP contribution in [-0.2, 0) is 0 Å². The monoisotopic (exact) mass is 316 g/mol. The van der Waals surface area contributed by atoms with E-state index in [0.29, 0.717) is 12.3 Å². The van der Waals surface area contributed by atoms with E-state index in [1.807, 2.05) is 13.8 Å². The summed E-state index contributed by atoms with van der Waals surface area (Å²) in [6.45, 7) is 3.76. The lowest BCUT2D eigenvalue weighted by Gasteiger charge is -2.18. The highest BCUT2D eigenvalue weighted by Crippen LogP contribution is 2.42. The molecule has 0 fully saturated rings. The molecule has 8 heteroatoms. The molecule has 1 aromatic carbocycles. The summed E-state index contributed by atoms with van der Waals surface area (Å²) in [4.78, 5) is 11.8. The van der Waals surface area contributed by atoms with E-state index in [0.717, 1.165) is 0 Å². The molecule has 1 unspecified atom stereocenters. The number of ether oxygens (including phenoxy) is 2. The van der Waals surface area contributed by atoms with Gasteiger partial charge in [-0.1, -0.05) is 13.8 Å².